The van der Waals surface area contributed by atoms with Gasteiger partial charge >= 0.3 is 0 Å². The second kappa shape index (κ2) is 5.01. The Balaban J connectivity index is 2.56. The molecule has 2 rings (SSSR count). The van der Waals surface area contributed by atoms with E-state index in [0.717, 1.165) is 0 Å². The van der Waals surface area contributed by atoms with Crippen molar-refractivity contribution in [3.63, 3.8) is 0 Å². The van der Waals surface area contributed by atoms with Crippen molar-refractivity contribution >= 4 is 0 Å². The summed E-state index contributed by atoms with van der Waals surface area (Å²) in [6, 6.07) is 5.01. The van der Waals surface area contributed by atoms with E-state index in [1.807, 2.05) is 0 Å². The fraction of sp³-hybridized carbons (Fsp3) is 0.143. The van der Waals surface area contributed by atoms with Gasteiger partial charge in [-0.3, -0.25) is 0 Å². The van der Waals surface area contributed by atoms with Crippen LogP contribution in [0.4, 0.5) is 17.6 Å². The van der Waals surface area contributed by atoms with Gasteiger partial charge in [0, 0.05) is 17.7 Å². The van der Waals surface area contributed by atoms with Gasteiger partial charge in [-0.25, -0.2) is 17.6 Å². The number of benzene rings is 2. The second-order valence-electron chi connectivity index (χ2n) is 4.16. The Morgan fingerprint density at radius 1 is 1.00 bits per heavy atom. The van der Waals surface area contributed by atoms with Crippen LogP contribution in [0.2, 0.25) is 0 Å². The molecule has 100 valence electrons. The molecule has 2 aromatic rings. The van der Waals surface area contributed by atoms with Gasteiger partial charge in [-0.1, -0.05) is 18.2 Å². The molecule has 5 heteroatoms. The van der Waals surface area contributed by atoms with Gasteiger partial charge in [0.15, 0.2) is 0 Å². The van der Waals surface area contributed by atoms with Crippen molar-refractivity contribution in [1.29, 1.82) is 0 Å². The summed E-state index contributed by atoms with van der Waals surface area (Å²) in [5.74, 6) is -4.37. The van der Waals surface area contributed by atoms with Crippen molar-refractivity contribution in [2.75, 3.05) is 0 Å². The Morgan fingerprint density at radius 3 is 2.16 bits per heavy atom. The van der Waals surface area contributed by atoms with Crippen LogP contribution in [0.3, 0.4) is 0 Å². The molecular weight excluding hydrogens is 260 g/mol. The minimum Gasteiger partial charge on any atom is -0.383 e. The Bertz CT molecular complexity index is 602. The van der Waals surface area contributed by atoms with E-state index in [4.69, 9.17) is 0 Å². The van der Waals surface area contributed by atoms with Gasteiger partial charge in [-0.15, -0.1) is 0 Å². The normalized spacial score (nSPS) is 12.5. The summed E-state index contributed by atoms with van der Waals surface area (Å²) in [4.78, 5) is 0. The van der Waals surface area contributed by atoms with Crippen LogP contribution in [-0.4, -0.2) is 5.11 Å². The van der Waals surface area contributed by atoms with E-state index in [1.165, 1.54) is 25.1 Å². The van der Waals surface area contributed by atoms with Gasteiger partial charge in [-0.2, -0.15) is 0 Å². The summed E-state index contributed by atoms with van der Waals surface area (Å²) in [5, 5.41) is 9.91. The van der Waals surface area contributed by atoms with Crippen molar-refractivity contribution < 1.29 is 22.7 Å². The van der Waals surface area contributed by atoms with Crippen molar-refractivity contribution in [3.05, 3.63) is 70.3 Å². The van der Waals surface area contributed by atoms with Gasteiger partial charge in [0.2, 0.25) is 0 Å². The third kappa shape index (κ3) is 2.46. The topological polar surface area (TPSA) is 20.2 Å². The monoisotopic (exact) mass is 270 g/mol. The molecule has 0 aliphatic carbocycles. The van der Waals surface area contributed by atoms with E-state index >= 15 is 0 Å². The number of rotatable bonds is 2. The lowest BCUT2D eigenvalue weighted by molar-refractivity contribution is 0.203. The Morgan fingerprint density at radius 2 is 1.58 bits per heavy atom. The van der Waals surface area contributed by atoms with Crippen LogP contribution in [-0.2, 0) is 0 Å². The molecule has 0 amide bonds. The Hall–Kier alpha value is -1.88. The summed E-state index contributed by atoms with van der Waals surface area (Å²) < 4.78 is 53.6. The molecular formula is C14H10F4O. The lowest BCUT2D eigenvalue weighted by atomic mass is 9.98. The lowest BCUT2D eigenvalue weighted by Gasteiger charge is -2.15. The Labute approximate surface area is 107 Å². The second-order valence-corrected chi connectivity index (χ2v) is 4.16. The first-order chi connectivity index (χ1) is 8.91. The van der Waals surface area contributed by atoms with Crippen LogP contribution in [0.1, 0.15) is 22.8 Å². The Kier molecular flexibility index (Phi) is 3.57. The van der Waals surface area contributed by atoms with Gasteiger partial charge < -0.3 is 5.11 Å². The predicted octanol–water partition coefficient (Wildman–Crippen LogP) is 3.63. The molecule has 1 atom stereocenters. The number of hydrogen-bond acceptors (Lipinski definition) is 1. The van der Waals surface area contributed by atoms with Crippen molar-refractivity contribution in [3.8, 4) is 0 Å². The highest BCUT2D eigenvalue weighted by Gasteiger charge is 2.23. The molecule has 0 spiro atoms. The highest BCUT2D eigenvalue weighted by Crippen LogP contribution is 2.29. The molecule has 0 radical (unpaired) electrons. The molecule has 0 fully saturated rings. The zero-order valence-electron chi connectivity index (χ0n) is 9.92. The molecule has 0 aromatic heterocycles. The van der Waals surface area contributed by atoms with Crippen molar-refractivity contribution in [2.24, 2.45) is 0 Å². The van der Waals surface area contributed by atoms with Crippen LogP contribution in [0.5, 0.6) is 0 Å². The first-order valence-corrected chi connectivity index (χ1v) is 5.49. The van der Waals surface area contributed by atoms with E-state index in [-0.39, 0.29) is 11.1 Å². The number of aliphatic hydroxyl groups is 1. The van der Waals surface area contributed by atoms with E-state index < -0.39 is 34.9 Å². The zero-order chi connectivity index (χ0) is 14.2. The highest BCUT2D eigenvalue weighted by molar-refractivity contribution is 5.35. The predicted molar refractivity (Wildman–Crippen MR) is 61.5 cm³/mol. The van der Waals surface area contributed by atoms with E-state index in [2.05, 4.69) is 0 Å². The molecule has 0 aliphatic rings. The molecule has 0 bridgehead atoms. The zero-order valence-corrected chi connectivity index (χ0v) is 9.92. The maximum atomic E-state index is 13.8. The fourth-order valence-electron chi connectivity index (χ4n) is 1.85. The van der Waals surface area contributed by atoms with Crippen LogP contribution in [0.15, 0.2) is 30.3 Å². The van der Waals surface area contributed by atoms with Crippen LogP contribution in [0, 0.1) is 30.2 Å². The van der Waals surface area contributed by atoms with Crippen molar-refractivity contribution in [2.45, 2.75) is 13.0 Å². The molecule has 0 saturated carbocycles. The van der Waals surface area contributed by atoms with Gasteiger partial charge in [0.25, 0.3) is 0 Å². The molecule has 19 heavy (non-hydrogen) atoms. The minimum atomic E-state index is -1.83. The first-order valence-electron chi connectivity index (χ1n) is 5.49. The van der Waals surface area contributed by atoms with Crippen LogP contribution >= 0.6 is 0 Å². The smallest absolute Gasteiger partial charge is 0.135 e. The third-order valence-corrected chi connectivity index (χ3v) is 2.83. The third-order valence-electron chi connectivity index (χ3n) is 2.83. The fourth-order valence-corrected chi connectivity index (χ4v) is 1.85. The largest absolute Gasteiger partial charge is 0.383 e. The van der Waals surface area contributed by atoms with Gasteiger partial charge in [0.1, 0.15) is 29.4 Å². The SMILES string of the molecule is Cc1cccc(C(O)c2c(F)cc(F)cc2F)c1F. The molecule has 0 aliphatic heterocycles. The van der Waals surface area contributed by atoms with Crippen LogP contribution < -0.4 is 0 Å². The summed E-state index contributed by atoms with van der Waals surface area (Å²) in [6.45, 7) is 1.46. The summed E-state index contributed by atoms with van der Waals surface area (Å²) in [5.41, 5.74) is -0.796. The average molecular weight is 270 g/mol. The van der Waals surface area contributed by atoms with E-state index in [9.17, 15) is 22.7 Å². The maximum Gasteiger partial charge on any atom is 0.135 e. The lowest BCUT2D eigenvalue weighted by Crippen LogP contribution is -2.09. The van der Waals surface area contributed by atoms with E-state index in [0.29, 0.717) is 12.1 Å². The molecule has 2 aromatic carbocycles. The van der Waals surface area contributed by atoms with Gasteiger partial charge in [-0.05, 0) is 12.5 Å². The number of hydrogen-bond donors (Lipinski definition) is 1. The molecule has 1 N–H and O–H groups in total. The van der Waals surface area contributed by atoms with Gasteiger partial charge in [0.05, 0.1) is 5.56 Å². The number of aliphatic hydroxyl groups excluding tert-OH is 1. The van der Waals surface area contributed by atoms with Crippen LogP contribution in [0.25, 0.3) is 0 Å². The summed E-state index contributed by atoms with van der Waals surface area (Å²) >= 11 is 0. The average Bonchev–Trinajstić information content (AvgIpc) is 2.31. The first kappa shape index (κ1) is 13.5. The molecule has 0 heterocycles. The number of aryl methyl sites for hydroxylation is 1. The van der Waals surface area contributed by atoms with E-state index in [1.54, 1.807) is 0 Å². The van der Waals surface area contributed by atoms with Crippen molar-refractivity contribution in [1.82, 2.24) is 0 Å². The summed E-state index contributed by atoms with van der Waals surface area (Å²) in [6.07, 6.45) is -1.83. The standard InChI is InChI=1S/C14H10F4O/c1-7-3-2-4-9(13(7)18)14(19)12-10(16)5-8(15)6-11(12)17/h2-6,14,19H,1H3. The molecule has 1 unspecified atom stereocenters. The quantitative estimate of drug-likeness (QED) is 0.826. The summed E-state index contributed by atoms with van der Waals surface area (Å²) in [7, 11) is 0. The molecule has 0 saturated heterocycles. The molecule has 1 nitrogen and oxygen atoms in total. The number of halogens is 4. The highest BCUT2D eigenvalue weighted by atomic mass is 19.1. The maximum absolute atomic E-state index is 13.8. The minimum absolute atomic E-state index is 0.236.